The lowest BCUT2D eigenvalue weighted by molar-refractivity contribution is -0.127. The second kappa shape index (κ2) is 10.4. The number of carbonyl (C=O) groups is 3. The van der Waals surface area contributed by atoms with Gasteiger partial charge in [-0.05, 0) is 54.6 Å². The number of amides is 3. The van der Waals surface area contributed by atoms with Gasteiger partial charge in [0.15, 0.2) is 0 Å². The quantitative estimate of drug-likeness (QED) is 0.241. The van der Waals surface area contributed by atoms with Gasteiger partial charge in [0, 0.05) is 28.2 Å². The minimum Gasteiger partial charge on any atom is -0.497 e. The molecule has 0 aliphatic rings. The van der Waals surface area contributed by atoms with E-state index >= 15 is 0 Å². The largest absolute Gasteiger partial charge is 0.497 e. The number of para-hydroxylation sites is 1. The lowest BCUT2D eigenvalue weighted by Gasteiger charge is -2.21. The van der Waals surface area contributed by atoms with Crippen molar-refractivity contribution in [3.05, 3.63) is 95.9 Å². The van der Waals surface area contributed by atoms with Gasteiger partial charge in [-0.15, -0.1) is 0 Å². The zero-order chi connectivity index (χ0) is 24.8. The van der Waals surface area contributed by atoms with Crippen LogP contribution in [0.15, 0.2) is 84.1 Å². The molecule has 0 spiro atoms. The Labute approximate surface area is 200 Å². The van der Waals surface area contributed by atoms with Crippen LogP contribution in [0.25, 0.3) is 10.9 Å². The Bertz CT molecular complexity index is 1400. The number of nitrogens with zero attached hydrogens (tertiary/aromatic N) is 2. The van der Waals surface area contributed by atoms with Gasteiger partial charge in [-0.3, -0.25) is 14.4 Å². The number of benzene rings is 3. The van der Waals surface area contributed by atoms with Crippen LogP contribution in [-0.4, -0.2) is 36.0 Å². The number of rotatable bonds is 7. The van der Waals surface area contributed by atoms with E-state index in [1.807, 2.05) is 24.3 Å². The third-order valence-electron chi connectivity index (χ3n) is 5.20. The van der Waals surface area contributed by atoms with Crippen LogP contribution in [0.1, 0.15) is 22.3 Å². The highest BCUT2D eigenvalue weighted by atomic mass is 19.1. The number of ether oxygens (including phenoxy) is 1. The molecule has 0 radical (unpaired) electrons. The van der Waals surface area contributed by atoms with Gasteiger partial charge in [-0.25, -0.2) is 14.7 Å². The number of halogens is 1. The molecule has 3 aromatic carbocycles. The number of imide groups is 1. The molecule has 0 saturated heterocycles. The lowest BCUT2D eigenvalue weighted by Crippen LogP contribution is -2.39. The number of hydrogen-bond acceptors (Lipinski definition) is 5. The summed E-state index contributed by atoms with van der Waals surface area (Å²) >= 11 is 0. The third-order valence-corrected chi connectivity index (χ3v) is 5.20. The number of aromatic amines is 1. The topological polar surface area (TPSA) is 104 Å². The molecule has 0 fully saturated rings. The van der Waals surface area contributed by atoms with Crippen molar-refractivity contribution in [1.29, 1.82) is 0 Å². The van der Waals surface area contributed by atoms with Crippen LogP contribution in [0.4, 0.5) is 10.1 Å². The van der Waals surface area contributed by atoms with E-state index in [1.54, 1.807) is 18.3 Å². The van der Waals surface area contributed by atoms with Crippen molar-refractivity contribution >= 4 is 40.5 Å². The van der Waals surface area contributed by atoms with Crippen LogP contribution in [0.5, 0.6) is 5.75 Å². The monoisotopic (exact) mass is 472 g/mol. The molecule has 35 heavy (non-hydrogen) atoms. The Balaban J connectivity index is 1.50. The molecule has 4 rings (SSSR count). The molecular weight excluding hydrogens is 451 g/mol. The number of fused-ring (bicyclic) bond motifs is 1. The zero-order valence-corrected chi connectivity index (χ0v) is 18.7. The van der Waals surface area contributed by atoms with E-state index < -0.39 is 30.0 Å². The first-order valence-electron chi connectivity index (χ1n) is 10.6. The zero-order valence-electron chi connectivity index (χ0n) is 18.7. The fourth-order valence-corrected chi connectivity index (χ4v) is 3.46. The van der Waals surface area contributed by atoms with Crippen LogP contribution < -0.4 is 15.1 Å². The van der Waals surface area contributed by atoms with Crippen molar-refractivity contribution in [3.8, 4) is 5.75 Å². The highest BCUT2D eigenvalue weighted by Gasteiger charge is 2.26. The molecule has 1 aromatic heterocycles. The first-order valence-corrected chi connectivity index (χ1v) is 10.6. The van der Waals surface area contributed by atoms with Crippen LogP contribution in [-0.2, 0) is 9.59 Å². The molecule has 0 aliphatic heterocycles. The van der Waals surface area contributed by atoms with Gasteiger partial charge in [0.05, 0.1) is 19.0 Å². The summed E-state index contributed by atoms with van der Waals surface area (Å²) in [4.78, 5) is 42.5. The van der Waals surface area contributed by atoms with Crippen molar-refractivity contribution in [2.75, 3.05) is 12.0 Å². The summed E-state index contributed by atoms with van der Waals surface area (Å²) in [6.07, 6.45) is 2.58. The van der Waals surface area contributed by atoms with Crippen LogP contribution in [0, 0.1) is 5.82 Å². The molecule has 0 bridgehead atoms. The van der Waals surface area contributed by atoms with Crippen molar-refractivity contribution < 1.29 is 23.5 Å². The normalized spacial score (nSPS) is 10.9. The first-order chi connectivity index (χ1) is 17.0. The molecular formula is C26H21FN4O4. The standard InChI is InChI=1S/C26H21FN4O4/c1-35-21-12-10-20(11-13-21)31(26(34)17-6-8-19(27)9-7-17)25(33)14-24(32)30-29-16-18-15-28-23-5-3-2-4-22(18)23/h2-13,15-16,28H,14H2,1H3,(H,30,32)/b29-16+. The van der Waals surface area contributed by atoms with Crippen molar-refractivity contribution in [2.24, 2.45) is 5.10 Å². The maximum atomic E-state index is 13.3. The minimum absolute atomic E-state index is 0.0910. The molecule has 0 saturated carbocycles. The summed E-state index contributed by atoms with van der Waals surface area (Å²) in [5, 5.41) is 4.85. The third kappa shape index (κ3) is 5.41. The Morgan fingerprint density at radius 3 is 2.46 bits per heavy atom. The van der Waals surface area contributed by atoms with E-state index in [1.165, 1.54) is 37.6 Å². The van der Waals surface area contributed by atoms with Crippen molar-refractivity contribution in [1.82, 2.24) is 10.4 Å². The van der Waals surface area contributed by atoms with Crippen LogP contribution in [0.2, 0.25) is 0 Å². The van der Waals surface area contributed by atoms with E-state index in [2.05, 4.69) is 15.5 Å². The number of H-pyrrole nitrogens is 1. The molecule has 3 amide bonds. The molecule has 8 nitrogen and oxygen atoms in total. The highest BCUT2D eigenvalue weighted by molar-refractivity contribution is 6.23. The Morgan fingerprint density at radius 2 is 1.74 bits per heavy atom. The number of hydrazone groups is 1. The van der Waals surface area contributed by atoms with E-state index in [4.69, 9.17) is 4.74 Å². The summed E-state index contributed by atoms with van der Waals surface area (Å²) in [5.41, 5.74) is 4.33. The maximum absolute atomic E-state index is 13.3. The molecule has 0 aliphatic carbocycles. The molecule has 9 heteroatoms. The Kier molecular flexibility index (Phi) is 6.96. The van der Waals surface area contributed by atoms with Gasteiger partial charge in [0.25, 0.3) is 5.91 Å². The Hall–Kier alpha value is -4.79. The molecule has 4 aromatic rings. The SMILES string of the molecule is COc1ccc(N(C(=O)CC(=O)N/N=C/c2c[nH]c3ccccc23)C(=O)c2ccc(F)cc2)cc1. The van der Waals surface area contributed by atoms with Crippen molar-refractivity contribution in [3.63, 3.8) is 0 Å². The molecule has 0 unspecified atom stereocenters. The van der Waals surface area contributed by atoms with E-state index in [0.29, 0.717) is 5.75 Å². The summed E-state index contributed by atoms with van der Waals surface area (Å²) in [6, 6.07) is 18.6. The van der Waals surface area contributed by atoms with Gasteiger partial charge in [-0.2, -0.15) is 5.10 Å². The number of nitrogens with one attached hydrogen (secondary N) is 2. The summed E-state index contributed by atoms with van der Waals surface area (Å²) in [7, 11) is 1.49. The predicted molar refractivity (Wildman–Crippen MR) is 130 cm³/mol. The lowest BCUT2D eigenvalue weighted by atomic mass is 10.1. The van der Waals surface area contributed by atoms with Gasteiger partial charge in [-0.1, -0.05) is 18.2 Å². The molecule has 0 atom stereocenters. The predicted octanol–water partition coefficient (Wildman–Crippen LogP) is 4.03. The van der Waals surface area contributed by atoms with Gasteiger partial charge < -0.3 is 9.72 Å². The number of hydrogen-bond donors (Lipinski definition) is 2. The second-order valence-electron chi connectivity index (χ2n) is 7.50. The molecule has 2 N–H and O–H groups in total. The summed E-state index contributed by atoms with van der Waals surface area (Å²) in [5.74, 6) is -2.16. The average Bonchev–Trinajstić information content (AvgIpc) is 3.28. The average molecular weight is 472 g/mol. The van der Waals surface area contributed by atoms with Crippen LogP contribution >= 0.6 is 0 Å². The maximum Gasteiger partial charge on any atom is 0.265 e. The Morgan fingerprint density at radius 1 is 1.03 bits per heavy atom. The number of anilines is 1. The minimum atomic E-state index is -0.774. The smallest absolute Gasteiger partial charge is 0.265 e. The summed E-state index contributed by atoms with van der Waals surface area (Å²) in [6.45, 7) is 0. The number of aromatic nitrogens is 1. The fourth-order valence-electron chi connectivity index (χ4n) is 3.46. The van der Waals surface area contributed by atoms with Gasteiger partial charge >= 0.3 is 0 Å². The molecule has 176 valence electrons. The molecule has 1 heterocycles. The van der Waals surface area contributed by atoms with E-state index in [9.17, 15) is 18.8 Å². The second-order valence-corrected chi connectivity index (χ2v) is 7.50. The summed E-state index contributed by atoms with van der Waals surface area (Å²) < 4.78 is 18.4. The number of carbonyl (C=O) groups excluding carboxylic acids is 3. The fraction of sp³-hybridized carbons (Fsp3) is 0.0769. The highest BCUT2D eigenvalue weighted by Crippen LogP contribution is 2.22. The van der Waals surface area contributed by atoms with Crippen LogP contribution in [0.3, 0.4) is 0 Å². The van der Waals surface area contributed by atoms with Gasteiger partial charge in [0.2, 0.25) is 11.8 Å². The van der Waals surface area contributed by atoms with E-state index in [0.717, 1.165) is 33.5 Å². The first kappa shape index (κ1) is 23.4. The van der Waals surface area contributed by atoms with Crippen molar-refractivity contribution in [2.45, 2.75) is 6.42 Å². The van der Waals surface area contributed by atoms with Gasteiger partial charge in [0.1, 0.15) is 18.0 Å². The van der Waals surface area contributed by atoms with E-state index in [-0.39, 0.29) is 11.3 Å². The number of methoxy groups -OCH3 is 1.